The van der Waals surface area contributed by atoms with E-state index in [9.17, 15) is 4.79 Å². The Kier molecular flexibility index (Phi) is 8.39. The number of nitrogens with zero attached hydrogens (tertiary/aromatic N) is 2. The van der Waals surface area contributed by atoms with Crippen LogP contribution in [0.15, 0.2) is 115 Å². The number of esters is 1. The van der Waals surface area contributed by atoms with Crippen molar-refractivity contribution in [3.63, 3.8) is 0 Å². The number of carbonyl (C=O) groups excluding carboxylic acids is 1. The summed E-state index contributed by atoms with van der Waals surface area (Å²) in [6.07, 6.45) is 8.20. The minimum Gasteiger partial charge on any atom is -0.461 e. The van der Waals surface area contributed by atoms with E-state index in [1.54, 1.807) is 13.0 Å². The number of anilines is 1. The average Bonchev–Trinajstić information content (AvgIpc) is 3.66. The summed E-state index contributed by atoms with van der Waals surface area (Å²) in [6.45, 7) is 2.87. The van der Waals surface area contributed by atoms with Crippen molar-refractivity contribution in [3.05, 3.63) is 132 Å². The van der Waals surface area contributed by atoms with Gasteiger partial charge in [-0.05, 0) is 49.0 Å². The summed E-state index contributed by atoms with van der Waals surface area (Å²) in [5.74, 6) is 0.419. The van der Waals surface area contributed by atoms with Crippen LogP contribution < -0.4 is 10.8 Å². The molecule has 1 atom stereocenters. The summed E-state index contributed by atoms with van der Waals surface area (Å²) in [7, 11) is 0. The third-order valence-electron chi connectivity index (χ3n) is 6.94. The fraction of sp³-hybridized carbons (Fsp3) is 0.250. The molecule has 39 heavy (non-hydrogen) atoms. The summed E-state index contributed by atoms with van der Waals surface area (Å²) >= 11 is 0. The molecule has 1 aliphatic heterocycles. The number of rotatable bonds is 12. The smallest absolute Gasteiger partial charge is 0.356 e. The average molecular weight is 523 g/mol. The SMILES string of the molecule is CCOC(=O)C1=CC(CCCCNc2nccn2C(c2ccccc2)(c2ccccc2)c2ccccc2)ON1. The van der Waals surface area contributed by atoms with Crippen molar-refractivity contribution in [3.8, 4) is 0 Å². The van der Waals surface area contributed by atoms with E-state index in [4.69, 9.17) is 14.6 Å². The first-order valence-electron chi connectivity index (χ1n) is 13.5. The van der Waals surface area contributed by atoms with Crippen LogP contribution >= 0.6 is 0 Å². The van der Waals surface area contributed by atoms with Crippen molar-refractivity contribution in [2.24, 2.45) is 0 Å². The number of hydrogen-bond acceptors (Lipinski definition) is 6. The topological polar surface area (TPSA) is 77.4 Å². The van der Waals surface area contributed by atoms with Crippen LogP contribution in [0.25, 0.3) is 0 Å². The maximum absolute atomic E-state index is 11.9. The van der Waals surface area contributed by atoms with Gasteiger partial charge in [-0.3, -0.25) is 14.9 Å². The predicted molar refractivity (Wildman–Crippen MR) is 152 cm³/mol. The monoisotopic (exact) mass is 522 g/mol. The molecule has 0 aliphatic carbocycles. The Morgan fingerprint density at radius 2 is 1.54 bits per heavy atom. The summed E-state index contributed by atoms with van der Waals surface area (Å²) < 4.78 is 7.27. The number of ether oxygens (including phenoxy) is 1. The number of imidazole rings is 1. The number of hydrogen-bond donors (Lipinski definition) is 2. The highest BCUT2D eigenvalue weighted by atomic mass is 16.7. The van der Waals surface area contributed by atoms with Gasteiger partial charge in [-0.25, -0.2) is 9.78 Å². The van der Waals surface area contributed by atoms with Crippen molar-refractivity contribution < 1.29 is 14.4 Å². The largest absolute Gasteiger partial charge is 0.461 e. The van der Waals surface area contributed by atoms with E-state index in [0.29, 0.717) is 12.3 Å². The molecule has 1 aromatic heterocycles. The van der Waals surface area contributed by atoms with Gasteiger partial charge in [0, 0.05) is 18.9 Å². The minimum absolute atomic E-state index is 0.145. The molecule has 0 spiro atoms. The molecular formula is C32H34N4O3. The summed E-state index contributed by atoms with van der Waals surface area (Å²) in [4.78, 5) is 22.1. The molecule has 3 aromatic carbocycles. The van der Waals surface area contributed by atoms with Gasteiger partial charge in [0.25, 0.3) is 0 Å². The quantitative estimate of drug-likeness (QED) is 0.142. The first-order chi connectivity index (χ1) is 19.2. The van der Waals surface area contributed by atoms with Crippen LogP contribution in [0.5, 0.6) is 0 Å². The van der Waals surface area contributed by atoms with Crippen molar-refractivity contribution >= 4 is 11.9 Å². The number of nitrogens with one attached hydrogen (secondary N) is 2. The van der Waals surface area contributed by atoms with Gasteiger partial charge in [-0.1, -0.05) is 91.0 Å². The van der Waals surface area contributed by atoms with Gasteiger partial charge >= 0.3 is 5.97 Å². The fourth-order valence-electron chi connectivity index (χ4n) is 5.18. The molecule has 0 bridgehead atoms. The molecule has 0 saturated carbocycles. The van der Waals surface area contributed by atoms with Crippen molar-refractivity contribution in [1.82, 2.24) is 15.0 Å². The van der Waals surface area contributed by atoms with E-state index >= 15 is 0 Å². The number of aromatic nitrogens is 2. The van der Waals surface area contributed by atoms with Gasteiger partial charge in [0.1, 0.15) is 17.3 Å². The van der Waals surface area contributed by atoms with E-state index in [-0.39, 0.29) is 12.1 Å². The maximum Gasteiger partial charge on any atom is 0.356 e. The number of unbranched alkanes of at least 4 members (excludes halogenated alkanes) is 1. The summed E-state index contributed by atoms with van der Waals surface area (Å²) in [6, 6.07) is 31.7. The molecule has 2 heterocycles. The highest BCUT2D eigenvalue weighted by Crippen LogP contribution is 2.42. The number of hydroxylamine groups is 1. The van der Waals surface area contributed by atoms with E-state index in [2.05, 4.69) is 94.4 Å². The lowest BCUT2D eigenvalue weighted by Gasteiger charge is -2.38. The fourth-order valence-corrected chi connectivity index (χ4v) is 5.18. The molecule has 7 nitrogen and oxygen atoms in total. The molecule has 0 amide bonds. The van der Waals surface area contributed by atoms with Gasteiger partial charge in [-0.2, -0.15) is 0 Å². The lowest BCUT2D eigenvalue weighted by Crippen LogP contribution is -2.38. The Labute approximate surface area is 229 Å². The second-order valence-corrected chi connectivity index (χ2v) is 9.41. The Bertz CT molecular complexity index is 1270. The second-order valence-electron chi connectivity index (χ2n) is 9.41. The van der Waals surface area contributed by atoms with Gasteiger partial charge in [0.2, 0.25) is 5.95 Å². The van der Waals surface area contributed by atoms with Crippen LogP contribution in [-0.4, -0.2) is 34.8 Å². The molecule has 200 valence electrons. The molecule has 1 unspecified atom stereocenters. The van der Waals surface area contributed by atoms with Crippen molar-refractivity contribution in [2.75, 3.05) is 18.5 Å². The molecule has 5 rings (SSSR count). The van der Waals surface area contributed by atoms with Gasteiger partial charge in [-0.15, -0.1) is 0 Å². The standard InChI is InChI=1S/C32H34N4O3/c1-2-38-30(37)29-24-28(39-35-29)20-12-13-21-33-31-34-22-23-36(31)32(25-14-6-3-7-15-25,26-16-8-4-9-17-26)27-18-10-5-11-19-27/h3-11,14-19,22-24,28,35H,2,12-13,20-21H2,1H3,(H,33,34). The Morgan fingerprint density at radius 3 is 2.10 bits per heavy atom. The summed E-state index contributed by atoms with van der Waals surface area (Å²) in [5, 5.41) is 3.58. The first kappa shape index (κ1) is 26.3. The maximum atomic E-state index is 11.9. The highest BCUT2D eigenvalue weighted by molar-refractivity contribution is 5.87. The molecule has 7 heteroatoms. The van der Waals surface area contributed by atoms with Gasteiger partial charge in [0.05, 0.1) is 6.61 Å². The molecule has 0 saturated heterocycles. The van der Waals surface area contributed by atoms with Crippen LogP contribution in [0.3, 0.4) is 0 Å². The van der Waals surface area contributed by atoms with E-state index in [1.807, 2.05) is 24.4 Å². The van der Waals surface area contributed by atoms with Crippen LogP contribution in [0.1, 0.15) is 42.9 Å². The van der Waals surface area contributed by atoms with Crippen LogP contribution in [0.2, 0.25) is 0 Å². The van der Waals surface area contributed by atoms with E-state index in [1.165, 1.54) is 0 Å². The lowest BCUT2D eigenvalue weighted by molar-refractivity contribution is -0.140. The second kappa shape index (κ2) is 12.5. The lowest BCUT2D eigenvalue weighted by atomic mass is 9.76. The predicted octanol–water partition coefficient (Wildman–Crippen LogP) is 5.66. The molecular weight excluding hydrogens is 488 g/mol. The highest BCUT2D eigenvalue weighted by Gasteiger charge is 2.39. The van der Waals surface area contributed by atoms with Crippen LogP contribution in [0.4, 0.5) is 5.95 Å². The number of benzene rings is 3. The number of carbonyl (C=O) groups is 1. The molecule has 4 aromatic rings. The Hall–Kier alpha value is -4.36. The zero-order chi connectivity index (χ0) is 26.9. The first-order valence-corrected chi connectivity index (χ1v) is 13.5. The van der Waals surface area contributed by atoms with Crippen LogP contribution in [-0.2, 0) is 19.9 Å². The molecule has 2 N–H and O–H groups in total. The zero-order valence-corrected chi connectivity index (χ0v) is 22.1. The van der Waals surface area contributed by atoms with Gasteiger partial charge in [0.15, 0.2) is 0 Å². The molecule has 1 aliphatic rings. The Balaban J connectivity index is 1.36. The van der Waals surface area contributed by atoms with Crippen LogP contribution in [0, 0.1) is 0 Å². The minimum atomic E-state index is -0.611. The van der Waals surface area contributed by atoms with E-state index in [0.717, 1.165) is 48.4 Å². The van der Waals surface area contributed by atoms with Gasteiger partial charge < -0.3 is 10.1 Å². The normalized spacial score (nSPS) is 14.9. The molecule has 0 fully saturated rings. The zero-order valence-electron chi connectivity index (χ0n) is 22.1. The molecule has 0 radical (unpaired) electrons. The third kappa shape index (κ3) is 5.59. The van der Waals surface area contributed by atoms with Crippen molar-refractivity contribution in [2.45, 2.75) is 37.8 Å². The Morgan fingerprint density at radius 1 is 0.949 bits per heavy atom. The third-order valence-corrected chi connectivity index (χ3v) is 6.94. The van der Waals surface area contributed by atoms with Crippen molar-refractivity contribution in [1.29, 1.82) is 0 Å². The van der Waals surface area contributed by atoms with E-state index < -0.39 is 5.54 Å². The summed E-state index contributed by atoms with van der Waals surface area (Å²) in [5.41, 5.74) is 5.90.